The lowest BCUT2D eigenvalue weighted by Gasteiger charge is -2.28. The Bertz CT molecular complexity index is 670. The molecular weight excluding hydrogens is 339 g/mol. The number of nitrogens with one attached hydrogen (secondary N) is 1. The fraction of sp³-hybridized carbons (Fsp3) is 0.409. The van der Waals surface area contributed by atoms with Crippen LogP contribution in [0, 0.1) is 5.41 Å². The molecule has 142 valence electrons. The highest BCUT2D eigenvalue weighted by molar-refractivity contribution is 7.10. The van der Waals surface area contributed by atoms with Crippen LogP contribution in [-0.2, 0) is 0 Å². The van der Waals surface area contributed by atoms with Crippen molar-refractivity contribution in [1.29, 1.82) is 5.41 Å². The first-order valence-electron chi connectivity index (χ1n) is 9.38. The summed E-state index contributed by atoms with van der Waals surface area (Å²) in [6.07, 6.45) is 6.96. The molecule has 0 saturated carbocycles. The Labute approximate surface area is 161 Å². The van der Waals surface area contributed by atoms with Gasteiger partial charge in [0.25, 0.3) is 0 Å². The fourth-order valence-electron chi connectivity index (χ4n) is 3.14. The first-order valence-corrected chi connectivity index (χ1v) is 9.85. The van der Waals surface area contributed by atoms with Gasteiger partial charge in [-0.15, -0.1) is 0 Å². The molecular formula is C22H33N2OP. The lowest BCUT2D eigenvalue weighted by Crippen LogP contribution is -2.28. The molecule has 1 aromatic rings. The molecule has 0 saturated heterocycles. The minimum atomic E-state index is 0.223. The van der Waals surface area contributed by atoms with Crippen LogP contribution < -0.4 is 9.42 Å². The van der Waals surface area contributed by atoms with Crippen molar-refractivity contribution in [1.82, 2.24) is 0 Å². The van der Waals surface area contributed by atoms with Crippen molar-refractivity contribution in [2.75, 3.05) is 4.90 Å². The minimum Gasteiger partial charge on any atom is -0.480 e. The molecule has 1 heterocycles. The standard InChI is InChI=1S/C16H19N2OP.C4H8.C2H6/c1-10-11(2)18(12-6-8-13(19-20)9-7-12)15-5-3-4-14(17)16(10)15;1-3-4-2;1-2/h6-9,11,17H,1,3-5,20H2,2H3;3-4H,1-2H3;1-2H3/b;4-3-;. The number of anilines is 1. The SMILES string of the molecule is C/C=C\C.C=C1C2=C(CCCC2=N)N(c2ccc(OP)cc2)C1C.CC. The van der Waals surface area contributed by atoms with Crippen molar-refractivity contribution in [3.05, 3.63) is 59.8 Å². The van der Waals surface area contributed by atoms with E-state index in [1.165, 1.54) is 5.70 Å². The zero-order valence-electron chi connectivity index (χ0n) is 16.8. The Morgan fingerprint density at radius 1 is 1.15 bits per heavy atom. The van der Waals surface area contributed by atoms with Gasteiger partial charge in [0.15, 0.2) is 0 Å². The Morgan fingerprint density at radius 2 is 1.73 bits per heavy atom. The quantitative estimate of drug-likeness (QED) is 0.464. The van der Waals surface area contributed by atoms with Crippen LogP contribution in [0.1, 0.15) is 53.9 Å². The summed E-state index contributed by atoms with van der Waals surface area (Å²) in [5.41, 5.74) is 5.32. The molecule has 2 unspecified atom stereocenters. The summed E-state index contributed by atoms with van der Waals surface area (Å²) in [5.74, 6) is 0.829. The van der Waals surface area contributed by atoms with Crippen molar-refractivity contribution >= 4 is 20.9 Å². The molecule has 3 nitrogen and oxygen atoms in total. The number of benzene rings is 1. The molecule has 1 aliphatic carbocycles. The third-order valence-electron chi connectivity index (χ3n) is 4.52. The van der Waals surface area contributed by atoms with Crippen molar-refractivity contribution in [2.24, 2.45) is 0 Å². The van der Waals surface area contributed by atoms with Gasteiger partial charge in [-0.1, -0.05) is 32.6 Å². The second-order valence-electron chi connectivity index (χ2n) is 6.00. The number of nitrogens with zero attached hydrogens (tertiary/aromatic N) is 1. The summed E-state index contributed by atoms with van der Waals surface area (Å²) >= 11 is 0. The van der Waals surface area contributed by atoms with E-state index in [1.54, 1.807) is 0 Å². The maximum atomic E-state index is 8.18. The van der Waals surface area contributed by atoms with Crippen LogP contribution in [0.15, 0.2) is 59.8 Å². The van der Waals surface area contributed by atoms with Crippen molar-refractivity contribution in [2.45, 2.75) is 59.9 Å². The molecule has 0 bridgehead atoms. The number of hydrogen-bond acceptors (Lipinski definition) is 3. The Balaban J connectivity index is 0.000000500. The second-order valence-corrected chi connectivity index (χ2v) is 6.24. The summed E-state index contributed by atoms with van der Waals surface area (Å²) in [6.45, 7) is 14.4. The van der Waals surface area contributed by atoms with Crippen LogP contribution in [-0.4, -0.2) is 11.8 Å². The lowest BCUT2D eigenvalue weighted by molar-refractivity contribution is 0.646. The molecule has 1 aliphatic heterocycles. The van der Waals surface area contributed by atoms with Gasteiger partial charge in [-0.25, -0.2) is 0 Å². The van der Waals surface area contributed by atoms with Crippen LogP contribution >= 0.6 is 9.47 Å². The topological polar surface area (TPSA) is 36.3 Å². The number of rotatable bonds is 2. The van der Waals surface area contributed by atoms with Crippen molar-refractivity contribution in [3.63, 3.8) is 0 Å². The van der Waals surface area contributed by atoms with E-state index < -0.39 is 0 Å². The van der Waals surface area contributed by atoms with Gasteiger partial charge in [0.2, 0.25) is 0 Å². The zero-order chi connectivity index (χ0) is 19.7. The summed E-state index contributed by atoms with van der Waals surface area (Å²) < 4.78 is 5.14. The third kappa shape index (κ3) is 4.86. The van der Waals surface area contributed by atoms with E-state index in [2.05, 4.69) is 40.0 Å². The highest BCUT2D eigenvalue weighted by Crippen LogP contribution is 2.42. The molecule has 0 amide bonds. The predicted molar refractivity (Wildman–Crippen MR) is 118 cm³/mol. The van der Waals surface area contributed by atoms with E-state index >= 15 is 0 Å². The first kappa shape index (κ1) is 22.2. The smallest absolute Gasteiger partial charge is 0.122 e. The molecule has 1 N–H and O–H groups in total. The van der Waals surface area contributed by atoms with Crippen LogP contribution in [0.25, 0.3) is 0 Å². The molecule has 26 heavy (non-hydrogen) atoms. The average Bonchev–Trinajstić information content (AvgIpc) is 2.95. The Kier molecular flexibility index (Phi) is 9.37. The summed E-state index contributed by atoms with van der Waals surface area (Å²) in [4.78, 5) is 2.32. The highest BCUT2D eigenvalue weighted by Gasteiger charge is 2.36. The monoisotopic (exact) mass is 372 g/mol. The maximum Gasteiger partial charge on any atom is 0.122 e. The first-order chi connectivity index (χ1) is 12.5. The molecule has 3 rings (SSSR count). The van der Waals surface area contributed by atoms with Gasteiger partial charge in [0.1, 0.15) is 5.75 Å². The molecule has 2 atom stereocenters. The summed E-state index contributed by atoms with van der Waals surface area (Å²) in [5, 5.41) is 8.18. The Morgan fingerprint density at radius 3 is 2.23 bits per heavy atom. The van der Waals surface area contributed by atoms with E-state index in [-0.39, 0.29) is 6.04 Å². The fourth-order valence-corrected chi connectivity index (χ4v) is 3.30. The van der Waals surface area contributed by atoms with Gasteiger partial charge in [-0.2, -0.15) is 0 Å². The molecule has 4 heteroatoms. The average molecular weight is 372 g/mol. The van der Waals surface area contributed by atoms with E-state index in [1.807, 2.05) is 52.0 Å². The number of hydrogen-bond donors (Lipinski definition) is 1. The van der Waals surface area contributed by atoms with Crippen LogP contribution in [0.2, 0.25) is 0 Å². The van der Waals surface area contributed by atoms with E-state index in [4.69, 9.17) is 9.93 Å². The predicted octanol–water partition coefficient (Wildman–Crippen LogP) is 6.69. The zero-order valence-corrected chi connectivity index (χ0v) is 18.0. The largest absolute Gasteiger partial charge is 0.480 e. The van der Waals surface area contributed by atoms with Gasteiger partial charge in [-0.3, -0.25) is 0 Å². The van der Waals surface area contributed by atoms with Crippen molar-refractivity contribution in [3.8, 4) is 5.75 Å². The molecule has 2 aliphatic rings. The molecule has 1 aromatic carbocycles. The van der Waals surface area contributed by atoms with Gasteiger partial charge < -0.3 is 14.8 Å². The minimum absolute atomic E-state index is 0.223. The maximum absolute atomic E-state index is 8.18. The Hall–Kier alpha value is -1.86. The second kappa shape index (κ2) is 11.0. The van der Waals surface area contributed by atoms with Crippen molar-refractivity contribution < 1.29 is 4.52 Å². The lowest BCUT2D eigenvalue weighted by atomic mass is 9.91. The summed E-state index contributed by atoms with van der Waals surface area (Å²) in [6, 6.07) is 8.28. The molecule has 0 fully saturated rings. The van der Waals surface area contributed by atoms with Gasteiger partial charge in [0.05, 0.1) is 15.5 Å². The molecule has 0 spiro atoms. The normalized spacial score (nSPS) is 18.8. The van der Waals surface area contributed by atoms with Crippen LogP contribution in [0.4, 0.5) is 5.69 Å². The van der Waals surface area contributed by atoms with Gasteiger partial charge in [0, 0.05) is 22.7 Å². The highest BCUT2D eigenvalue weighted by atomic mass is 31.0. The van der Waals surface area contributed by atoms with Crippen LogP contribution in [0.3, 0.4) is 0 Å². The third-order valence-corrected chi connectivity index (χ3v) is 4.79. The van der Waals surface area contributed by atoms with Gasteiger partial charge >= 0.3 is 0 Å². The van der Waals surface area contributed by atoms with Gasteiger partial charge in [-0.05, 0) is 69.9 Å². The molecule has 0 aromatic heterocycles. The van der Waals surface area contributed by atoms with E-state index in [0.717, 1.165) is 47.6 Å². The van der Waals surface area contributed by atoms with Crippen LogP contribution in [0.5, 0.6) is 5.75 Å². The van der Waals surface area contributed by atoms with E-state index in [9.17, 15) is 0 Å². The van der Waals surface area contributed by atoms with E-state index in [0.29, 0.717) is 0 Å². The molecule has 0 radical (unpaired) electrons. The summed E-state index contributed by atoms with van der Waals surface area (Å²) in [7, 11) is 2.26. The number of allylic oxidation sites excluding steroid dienone is 3.